The average Bonchev–Trinajstić information content (AvgIpc) is 3.27. The molecule has 0 aliphatic carbocycles. The van der Waals surface area contributed by atoms with Gasteiger partial charge in [-0.05, 0) is 43.2 Å². The van der Waals surface area contributed by atoms with Crippen molar-refractivity contribution in [2.24, 2.45) is 7.05 Å². The number of aromatic nitrogens is 2. The average molecular weight is 403 g/mol. The van der Waals surface area contributed by atoms with Crippen LogP contribution in [-0.4, -0.2) is 28.1 Å². The highest BCUT2D eigenvalue weighted by Crippen LogP contribution is 2.27. The minimum atomic E-state index is -0.706. The Morgan fingerprint density at radius 2 is 2.04 bits per heavy atom. The summed E-state index contributed by atoms with van der Waals surface area (Å²) in [5, 5.41) is 9.93. The Kier molecular flexibility index (Phi) is 5.93. The molecule has 140 valence electrons. The van der Waals surface area contributed by atoms with Gasteiger partial charge in [0.25, 0.3) is 0 Å². The number of rotatable bonds is 5. The predicted molar refractivity (Wildman–Crippen MR) is 108 cm³/mol. The number of anilines is 1. The van der Waals surface area contributed by atoms with Gasteiger partial charge in [0.1, 0.15) is 0 Å². The van der Waals surface area contributed by atoms with Crippen LogP contribution in [0.4, 0.5) is 5.69 Å². The molecule has 2 aromatic heterocycles. The van der Waals surface area contributed by atoms with Crippen LogP contribution in [0.3, 0.4) is 0 Å². The Balaban J connectivity index is 1.50. The van der Waals surface area contributed by atoms with Crippen molar-refractivity contribution in [2.75, 3.05) is 11.9 Å². The van der Waals surface area contributed by atoms with Crippen LogP contribution in [0.2, 0.25) is 5.02 Å². The molecule has 3 aromatic rings. The van der Waals surface area contributed by atoms with Crippen LogP contribution in [0, 0.1) is 6.92 Å². The van der Waals surface area contributed by atoms with Crippen LogP contribution in [0.5, 0.6) is 0 Å². The molecule has 1 aromatic carbocycles. The molecule has 27 heavy (non-hydrogen) atoms. The lowest BCUT2D eigenvalue weighted by Crippen LogP contribution is -2.36. The van der Waals surface area contributed by atoms with Crippen molar-refractivity contribution in [3.8, 4) is 10.4 Å². The number of hydrogen-bond donors (Lipinski definition) is 2. The number of hydrogen-bond acceptors (Lipinski definition) is 4. The molecule has 0 aliphatic heterocycles. The van der Waals surface area contributed by atoms with E-state index >= 15 is 0 Å². The van der Waals surface area contributed by atoms with E-state index in [0.717, 1.165) is 20.9 Å². The van der Waals surface area contributed by atoms with Gasteiger partial charge >= 0.3 is 11.8 Å². The standard InChI is InChI=1S/C19H19ClN4O2S/c1-12-15(20)4-3-5-16(12)23-19(26)18(25)21-9-8-14-6-7-17(27-14)13-10-22-24(2)11-13/h3-7,10-11H,8-9H2,1-2H3,(H,21,25)(H,23,26). The Bertz CT molecular complexity index is 980. The zero-order valence-electron chi connectivity index (χ0n) is 15.0. The molecular formula is C19H19ClN4O2S. The molecule has 2 N–H and O–H groups in total. The number of aryl methyl sites for hydroxylation is 1. The first-order valence-electron chi connectivity index (χ1n) is 8.36. The number of thiophene rings is 1. The molecule has 0 saturated heterocycles. The molecule has 0 saturated carbocycles. The van der Waals surface area contributed by atoms with Crippen molar-refractivity contribution in [1.82, 2.24) is 15.1 Å². The Labute approximate surface area is 166 Å². The van der Waals surface area contributed by atoms with E-state index in [-0.39, 0.29) is 0 Å². The molecule has 0 atom stereocenters. The Morgan fingerprint density at radius 3 is 2.78 bits per heavy atom. The van der Waals surface area contributed by atoms with Gasteiger partial charge in [-0.1, -0.05) is 17.7 Å². The Morgan fingerprint density at radius 1 is 1.22 bits per heavy atom. The van der Waals surface area contributed by atoms with Crippen molar-refractivity contribution >= 4 is 40.4 Å². The van der Waals surface area contributed by atoms with Gasteiger partial charge in [0, 0.05) is 45.8 Å². The molecule has 0 spiro atoms. The monoisotopic (exact) mass is 402 g/mol. The van der Waals surface area contributed by atoms with Crippen molar-refractivity contribution in [2.45, 2.75) is 13.3 Å². The molecule has 0 aliphatic rings. The summed E-state index contributed by atoms with van der Waals surface area (Å²) in [7, 11) is 1.88. The van der Waals surface area contributed by atoms with E-state index in [2.05, 4.69) is 15.7 Å². The van der Waals surface area contributed by atoms with Gasteiger partial charge in [0.05, 0.1) is 6.20 Å². The van der Waals surface area contributed by atoms with Gasteiger partial charge in [-0.15, -0.1) is 11.3 Å². The summed E-state index contributed by atoms with van der Waals surface area (Å²) in [5.41, 5.74) is 2.32. The highest BCUT2D eigenvalue weighted by Gasteiger charge is 2.15. The SMILES string of the molecule is Cc1c(Cl)cccc1NC(=O)C(=O)NCCc1ccc(-c2cnn(C)c2)s1. The maximum Gasteiger partial charge on any atom is 0.313 e. The van der Waals surface area contributed by atoms with Crippen LogP contribution in [0.15, 0.2) is 42.7 Å². The summed E-state index contributed by atoms with van der Waals surface area (Å²) in [4.78, 5) is 26.3. The van der Waals surface area contributed by atoms with Crippen LogP contribution in [-0.2, 0) is 23.1 Å². The quantitative estimate of drug-likeness (QED) is 0.642. The molecule has 8 heteroatoms. The lowest BCUT2D eigenvalue weighted by Gasteiger charge is -2.09. The van der Waals surface area contributed by atoms with E-state index < -0.39 is 11.8 Å². The predicted octanol–water partition coefficient (Wildman–Crippen LogP) is 3.41. The first-order valence-corrected chi connectivity index (χ1v) is 9.55. The van der Waals surface area contributed by atoms with Gasteiger partial charge in [-0.25, -0.2) is 0 Å². The second-order valence-corrected chi connectivity index (χ2v) is 7.62. The second kappa shape index (κ2) is 8.37. The fourth-order valence-corrected chi connectivity index (χ4v) is 3.67. The van der Waals surface area contributed by atoms with Crippen LogP contribution in [0.25, 0.3) is 10.4 Å². The van der Waals surface area contributed by atoms with Crippen molar-refractivity contribution in [3.05, 3.63) is 58.2 Å². The van der Waals surface area contributed by atoms with Gasteiger partial charge < -0.3 is 10.6 Å². The highest BCUT2D eigenvalue weighted by atomic mass is 35.5. The summed E-state index contributed by atoms with van der Waals surface area (Å²) in [6, 6.07) is 9.22. The minimum absolute atomic E-state index is 0.383. The lowest BCUT2D eigenvalue weighted by atomic mass is 10.2. The third-order valence-electron chi connectivity index (χ3n) is 4.03. The van der Waals surface area contributed by atoms with E-state index in [1.165, 1.54) is 0 Å². The molecule has 0 radical (unpaired) electrons. The normalized spacial score (nSPS) is 10.6. The Hall–Kier alpha value is -2.64. The number of nitrogens with zero attached hydrogens (tertiary/aromatic N) is 2. The minimum Gasteiger partial charge on any atom is -0.347 e. The molecule has 0 fully saturated rings. The van der Waals surface area contributed by atoms with Crippen LogP contribution < -0.4 is 10.6 Å². The second-order valence-electron chi connectivity index (χ2n) is 6.04. The third kappa shape index (κ3) is 4.75. The summed E-state index contributed by atoms with van der Waals surface area (Å²) in [6.07, 6.45) is 4.43. The van der Waals surface area contributed by atoms with Crippen LogP contribution in [0.1, 0.15) is 10.4 Å². The summed E-state index contributed by atoms with van der Waals surface area (Å²) >= 11 is 7.67. The zero-order valence-corrected chi connectivity index (χ0v) is 16.5. The van der Waals surface area contributed by atoms with Crippen molar-refractivity contribution < 1.29 is 9.59 Å². The fraction of sp³-hybridized carbons (Fsp3) is 0.211. The van der Waals surface area contributed by atoms with E-state index in [9.17, 15) is 9.59 Å². The first kappa shape index (κ1) is 19.1. The smallest absolute Gasteiger partial charge is 0.313 e. The topological polar surface area (TPSA) is 76.0 Å². The largest absolute Gasteiger partial charge is 0.347 e. The van der Waals surface area contributed by atoms with E-state index in [4.69, 9.17) is 11.6 Å². The molecule has 0 unspecified atom stereocenters. The molecule has 0 bridgehead atoms. The first-order chi connectivity index (χ1) is 12.9. The van der Waals surface area contributed by atoms with E-state index in [1.807, 2.05) is 31.6 Å². The highest BCUT2D eigenvalue weighted by molar-refractivity contribution is 7.15. The van der Waals surface area contributed by atoms with Crippen molar-refractivity contribution in [3.63, 3.8) is 0 Å². The number of carbonyl (C=O) groups is 2. The van der Waals surface area contributed by atoms with Gasteiger partial charge in [0.15, 0.2) is 0 Å². The summed E-state index contributed by atoms with van der Waals surface area (Å²) in [6.45, 7) is 2.17. The number of benzene rings is 1. The number of carbonyl (C=O) groups excluding carboxylic acids is 2. The van der Waals surface area contributed by atoms with Crippen molar-refractivity contribution in [1.29, 1.82) is 0 Å². The number of nitrogens with one attached hydrogen (secondary N) is 2. The number of halogens is 1. The number of amides is 2. The molecular weight excluding hydrogens is 384 g/mol. The summed E-state index contributed by atoms with van der Waals surface area (Å²) in [5.74, 6) is -1.37. The molecule has 2 heterocycles. The van der Waals surface area contributed by atoms with E-state index in [0.29, 0.717) is 23.7 Å². The van der Waals surface area contributed by atoms with Gasteiger partial charge in [0.2, 0.25) is 0 Å². The lowest BCUT2D eigenvalue weighted by molar-refractivity contribution is -0.136. The maximum absolute atomic E-state index is 12.0. The van der Waals surface area contributed by atoms with Gasteiger partial charge in [-0.3, -0.25) is 14.3 Å². The third-order valence-corrected chi connectivity index (χ3v) is 5.63. The molecule has 3 rings (SSSR count). The maximum atomic E-state index is 12.0. The van der Waals surface area contributed by atoms with Gasteiger partial charge in [-0.2, -0.15) is 5.10 Å². The fourth-order valence-electron chi connectivity index (χ4n) is 2.52. The summed E-state index contributed by atoms with van der Waals surface area (Å²) < 4.78 is 1.76. The van der Waals surface area contributed by atoms with Crippen LogP contribution >= 0.6 is 22.9 Å². The zero-order chi connectivity index (χ0) is 19.4. The molecule has 2 amide bonds. The molecule has 6 nitrogen and oxygen atoms in total. The van der Waals surface area contributed by atoms with E-state index in [1.54, 1.807) is 41.1 Å².